The fraction of sp³-hybridized carbons (Fsp3) is 0.389. The van der Waals surface area contributed by atoms with Gasteiger partial charge in [-0.1, -0.05) is 0 Å². The van der Waals surface area contributed by atoms with E-state index in [1.54, 1.807) is 4.90 Å². The van der Waals surface area contributed by atoms with Crippen molar-refractivity contribution < 1.29 is 34.2 Å². The fourth-order valence-corrected chi connectivity index (χ4v) is 3.51. The zero-order chi connectivity index (χ0) is 20.6. The van der Waals surface area contributed by atoms with Gasteiger partial charge in [0.2, 0.25) is 11.8 Å². The van der Waals surface area contributed by atoms with Crippen LogP contribution in [0.3, 0.4) is 0 Å². The Morgan fingerprint density at radius 1 is 0.929 bits per heavy atom. The first-order chi connectivity index (χ1) is 13.2. The van der Waals surface area contributed by atoms with Crippen molar-refractivity contribution in [2.75, 3.05) is 31.1 Å². The lowest BCUT2D eigenvalue weighted by Gasteiger charge is -2.36. The number of hydrogen-bond acceptors (Lipinski definition) is 6. The average molecular weight is 389 g/mol. The third-order valence-corrected chi connectivity index (χ3v) is 4.99. The van der Waals surface area contributed by atoms with Crippen LogP contribution in [0.15, 0.2) is 18.2 Å². The molecule has 0 spiro atoms. The van der Waals surface area contributed by atoms with Crippen LogP contribution in [0.1, 0.15) is 34.1 Å². The molecular formula is C18H19N3O7. The molecule has 3 amide bonds. The molecule has 1 aromatic carbocycles. The number of aromatic carboxylic acids is 2. The van der Waals surface area contributed by atoms with Crippen LogP contribution in [0.5, 0.6) is 0 Å². The first kappa shape index (κ1) is 19.5. The maximum Gasteiger partial charge on any atom is 0.335 e. The van der Waals surface area contributed by atoms with E-state index in [1.807, 2.05) is 4.90 Å². The van der Waals surface area contributed by atoms with Crippen molar-refractivity contribution in [1.82, 2.24) is 9.80 Å². The third kappa shape index (κ3) is 3.58. The van der Waals surface area contributed by atoms with E-state index in [2.05, 4.69) is 0 Å². The van der Waals surface area contributed by atoms with Crippen LogP contribution in [-0.4, -0.2) is 81.9 Å². The van der Waals surface area contributed by atoms with Gasteiger partial charge in [0, 0.05) is 33.1 Å². The smallest absolute Gasteiger partial charge is 0.335 e. The molecule has 0 saturated carbocycles. The molecule has 0 bridgehead atoms. The Balaban J connectivity index is 1.85. The molecule has 10 heteroatoms. The molecule has 1 unspecified atom stereocenters. The first-order valence-electron chi connectivity index (χ1n) is 8.67. The van der Waals surface area contributed by atoms with Crippen LogP contribution in [0.4, 0.5) is 5.69 Å². The van der Waals surface area contributed by atoms with Gasteiger partial charge in [-0.25, -0.2) is 14.5 Å². The average Bonchev–Trinajstić information content (AvgIpc) is 2.95. The molecule has 148 valence electrons. The van der Waals surface area contributed by atoms with Crippen molar-refractivity contribution in [3.05, 3.63) is 29.3 Å². The molecule has 1 aromatic rings. The lowest BCUT2D eigenvalue weighted by Crippen LogP contribution is -2.53. The van der Waals surface area contributed by atoms with E-state index in [9.17, 15) is 34.2 Å². The van der Waals surface area contributed by atoms with Crippen molar-refractivity contribution in [3.63, 3.8) is 0 Å². The van der Waals surface area contributed by atoms with Gasteiger partial charge in [-0.05, 0) is 18.2 Å². The van der Waals surface area contributed by atoms with Gasteiger partial charge < -0.3 is 15.1 Å². The largest absolute Gasteiger partial charge is 0.478 e. The van der Waals surface area contributed by atoms with Crippen molar-refractivity contribution in [2.24, 2.45) is 0 Å². The summed E-state index contributed by atoms with van der Waals surface area (Å²) in [6.45, 7) is 3.24. The van der Waals surface area contributed by atoms with Crippen molar-refractivity contribution in [1.29, 1.82) is 0 Å². The number of amides is 3. The highest BCUT2D eigenvalue weighted by molar-refractivity contribution is 6.23. The molecule has 10 nitrogen and oxygen atoms in total. The van der Waals surface area contributed by atoms with Gasteiger partial charge in [-0.15, -0.1) is 0 Å². The predicted molar refractivity (Wildman–Crippen MR) is 95.1 cm³/mol. The van der Waals surface area contributed by atoms with Crippen LogP contribution in [0.25, 0.3) is 0 Å². The minimum atomic E-state index is -1.36. The van der Waals surface area contributed by atoms with Gasteiger partial charge in [0.25, 0.3) is 5.91 Å². The van der Waals surface area contributed by atoms with E-state index in [0.29, 0.717) is 26.2 Å². The van der Waals surface area contributed by atoms with Gasteiger partial charge in [0.05, 0.1) is 29.3 Å². The maximum atomic E-state index is 12.9. The Hall–Kier alpha value is -3.27. The predicted octanol–water partition coefficient (Wildman–Crippen LogP) is -0.121. The summed E-state index contributed by atoms with van der Waals surface area (Å²) in [6, 6.07) is 2.47. The van der Waals surface area contributed by atoms with Gasteiger partial charge in [0.1, 0.15) is 0 Å². The number of anilines is 1. The molecule has 0 aromatic heterocycles. The van der Waals surface area contributed by atoms with Crippen molar-refractivity contribution in [3.8, 4) is 0 Å². The fourth-order valence-electron chi connectivity index (χ4n) is 3.51. The number of imide groups is 1. The summed E-state index contributed by atoms with van der Waals surface area (Å²) >= 11 is 0. The molecule has 2 aliphatic heterocycles. The molecule has 2 heterocycles. The number of carbonyl (C=O) groups excluding carboxylic acids is 3. The van der Waals surface area contributed by atoms with E-state index in [4.69, 9.17) is 0 Å². The summed E-state index contributed by atoms with van der Waals surface area (Å²) in [5.41, 5.74) is -0.722. The minimum absolute atomic E-state index is 0.0539. The standard InChI is InChI=1S/C18H19N3O7/c1-10(22)19-2-4-20(5-3-19)14-9-15(23)21(16(14)24)13-7-11(17(25)26)6-12(8-13)18(27)28/h6-8,14H,2-5,9H2,1H3,(H,25,26)(H,27,28). The van der Waals surface area contributed by atoms with E-state index in [0.717, 1.165) is 23.1 Å². The number of piperazine rings is 1. The number of hydrogen-bond donors (Lipinski definition) is 2. The monoisotopic (exact) mass is 389 g/mol. The second-order valence-electron chi connectivity index (χ2n) is 6.71. The Labute approximate surface area is 159 Å². The summed E-state index contributed by atoms with van der Waals surface area (Å²) in [6.07, 6.45) is -0.0847. The molecule has 2 saturated heterocycles. The second kappa shape index (κ2) is 7.39. The Kier molecular flexibility index (Phi) is 5.14. The summed E-state index contributed by atoms with van der Waals surface area (Å²) in [7, 11) is 0. The zero-order valence-corrected chi connectivity index (χ0v) is 15.1. The van der Waals surface area contributed by atoms with Gasteiger partial charge in [-0.3, -0.25) is 19.3 Å². The molecule has 2 N–H and O–H groups in total. The highest BCUT2D eigenvalue weighted by atomic mass is 16.4. The minimum Gasteiger partial charge on any atom is -0.478 e. The van der Waals surface area contributed by atoms with E-state index < -0.39 is 29.8 Å². The number of carboxylic acids is 2. The SMILES string of the molecule is CC(=O)N1CCN(C2CC(=O)N(c3cc(C(=O)O)cc(C(=O)O)c3)C2=O)CC1. The summed E-state index contributed by atoms with van der Waals surface area (Å²) in [4.78, 5) is 63.7. The summed E-state index contributed by atoms with van der Waals surface area (Å²) in [5, 5.41) is 18.4. The molecule has 28 heavy (non-hydrogen) atoms. The van der Waals surface area contributed by atoms with E-state index >= 15 is 0 Å². The number of carbonyl (C=O) groups is 5. The van der Waals surface area contributed by atoms with Crippen LogP contribution < -0.4 is 4.90 Å². The second-order valence-corrected chi connectivity index (χ2v) is 6.71. The molecule has 0 radical (unpaired) electrons. The number of carboxylic acid groups (broad SMARTS) is 2. The highest BCUT2D eigenvalue weighted by Gasteiger charge is 2.43. The van der Waals surface area contributed by atoms with Gasteiger partial charge in [-0.2, -0.15) is 0 Å². The van der Waals surface area contributed by atoms with E-state index in [-0.39, 0.29) is 29.1 Å². The lowest BCUT2D eigenvalue weighted by atomic mass is 10.1. The normalized spacial score (nSPS) is 20.5. The molecule has 1 atom stereocenters. The maximum absolute atomic E-state index is 12.9. The topological polar surface area (TPSA) is 136 Å². The highest BCUT2D eigenvalue weighted by Crippen LogP contribution is 2.28. The van der Waals surface area contributed by atoms with Crippen LogP contribution in [0.2, 0.25) is 0 Å². The van der Waals surface area contributed by atoms with Crippen molar-refractivity contribution >= 4 is 35.3 Å². The van der Waals surface area contributed by atoms with Crippen LogP contribution in [0, 0.1) is 0 Å². The molecule has 3 rings (SSSR count). The Bertz CT molecular complexity index is 842. The summed E-state index contributed by atoms with van der Waals surface area (Å²) < 4.78 is 0. The quantitative estimate of drug-likeness (QED) is 0.681. The lowest BCUT2D eigenvalue weighted by molar-refractivity contribution is -0.131. The molecule has 2 aliphatic rings. The van der Waals surface area contributed by atoms with Crippen molar-refractivity contribution in [2.45, 2.75) is 19.4 Å². The molecule has 2 fully saturated rings. The number of nitrogens with zero attached hydrogens (tertiary/aromatic N) is 3. The van der Waals surface area contributed by atoms with E-state index in [1.165, 1.54) is 6.92 Å². The Morgan fingerprint density at radius 2 is 1.46 bits per heavy atom. The molecule has 0 aliphatic carbocycles. The molecular weight excluding hydrogens is 370 g/mol. The number of benzene rings is 1. The Morgan fingerprint density at radius 3 is 1.93 bits per heavy atom. The summed E-state index contributed by atoms with van der Waals surface area (Å²) in [5.74, 6) is -3.83. The number of rotatable bonds is 4. The third-order valence-electron chi connectivity index (χ3n) is 4.99. The van der Waals surface area contributed by atoms with Crippen LogP contribution >= 0.6 is 0 Å². The zero-order valence-electron chi connectivity index (χ0n) is 15.1. The van der Waals surface area contributed by atoms with Crippen LogP contribution in [-0.2, 0) is 14.4 Å². The van der Waals surface area contributed by atoms with Gasteiger partial charge in [0.15, 0.2) is 0 Å². The first-order valence-corrected chi connectivity index (χ1v) is 8.67. The van der Waals surface area contributed by atoms with Gasteiger partial charge >= 0.3 is 11.9 Å².